The van der Waals surface area contributed by atoms with E-state index in [9.17, 15) is 23.8 Å². The van der Waals surface area contributed by atoms with Crippen LogP contribution < -0.4 is 15.5 Å². The van der Waals surface area contributed by atoms with Gasteiger partial charge in [-0.2, -0.15) is 0 Å². The minimum absolute atomic E-state index is 0.0301. The summed E-state index contributed by atoms with van der Waals surface area (Å²) in [4.78, 5) is 49.1. The molecule has 2 aromatic rings. The summed E-state index contributed by atoms with van der Waals surface area (Å²) < 4.78 is 16.8. The molecule has 3 amide bonds. The molecule has 0 bridgehead atoms. The van der Waals surface area contributed by atoms with Crippen LogP contribution in [0.3, 0.4) is 0 Å². The van der Waals surface area contributed by atoms with Crippen LogP contribution in [0.2, 0.25) is 0 Å². The summed E-state index contributed by atoms with van der Waals surface area (Å²) in [5, 5.41) is 5.75. The molecule has 0 fully saturated rings. The van der Waals surface area contributed by atoms with Crippen molar-refractivity contribution in [2.75, 3.05) is 24.6 Å². The second-order valence-corrected chi connectivity index (χ2v) is 13.6. The van der Waals surface area contributed by atoms with Gasteiger partial charge in [-0.1, -0.05) is 81.3 Å². The molecule has 0 saturated heterocycles. The van der Waals surface area contributed by atoms with Crippen LogP contribution in [0, 0.1) is 0 Å². The molecule has 10 heteroatoms. The highest BCUT2D eigenvalue weighted by Crippen LogP contribution is 2.47. The zero-order valence-corrected chi connectivity index (χ0v) is 26.3. The predicted octanol–water partition coefficient (Wildman–Crippen LogP) is 6.06. The van der Waals surface area contributed by atoms with Gasteiger partial charge in [0.1, 0.15) is 0 Å². The van der Waals surface area contributed by atoms with E-state index in [0.717, 1.165) is 41.6 Å². The van der Waals surface area contributed by atoms with Crippen LogP contribution in [-0.2, 0) is 30.0 Å². The summed E-state index contributed by atoms with van der Waals surface area (Å²) in [5.41, 5.74) is 3.58. The third kappa shape index (κ3) is 11.7. The van der Waals surface area contributed by atoms with Gasteiger partial charge in [0, 0.05) is 32.4 Å². The molecule has 2 aromatic carbocycles. The Hall–Kier alpha value is -3.26. The van der Waals surface area contributed by atoms with Gasteiger partial charge in [-0.3, -0.25) is 18.9 Å². The SMILES string of the molecule is CC(C)P(=O)(O)OCCCCCCNC(=O)CCCCC(=O)NCCC(=O)N1Cc2ccccc2/C=C\c2ccccc21. The first-order chi connectivity index (χ1) is 20.7. The van der Waals surface area contributed by atoms with Gasteiger partial charge in [0.25, 0.3) is 0 Å². The molecule has 234 valence electrons. The summed E-state index contributed by atoms with van der Waals surface area (Å²) in [6, 6.07) is 15.9. The first kappa shape index (κ1) is 34.2. The maximum Gasteiger partial charge on any atom is 0.330 e. The molecule has 1 atom stereocenters. The van der Waals surface area contributed by atoms with E-state index in [2.05, 4.69) is 16.7 Å². The largest absolute Gasteiger partial charge is 0.356 e. The van der Waals surface area contributed by atoms with Crippen molar-refractivity contribution in [1.82, 2.24) is 10.6 Å². The van der Waals surface area contributed by atoms with Gasteiger partial charge in [0.15, 0.2) is 0 Å². The van der Waals surface area contributed by atoms with Crippen molar-refractivity contribution in [3.05, 3.63) is 65.2 Å². The Morgan fingerprint density at radius 2 is 1.42 bits per heavy atom. The fourth-order valence-corrected chi connectivity index (χ4v) is 5.41. The second-order valence-electron chi connectivity index (χ2n) is 11.1. The fourth-order valence-electron chi connectivity index (χ4n) is 4.72. The van der Waals surface area contributed by atoms with Gasteiger partial charge >= 0.3 is 7.60 Å². The lowest BCUT2D eigenvalue weighted by molar-refractivity contribution is -0.123. The first-order valence-corrected chi connectivity index (χ1v) is 17.0. The second kappa shape index (κ2) is 17.8. The lowest BCUT2D eigenvalue weighted by atomic mass is 10.0. The molecule has 43 heavy (non-hydrogen) atoms. The van der Waals surface area contributed by atoms with Crippen LogP contribution in [0.25, 0.3) is 12.2 Å². The summed E-state index contributed by atoms with van der Waals surface area (Å²) in [6.45, 7) is 4.91. The van der Waals surface area contributed by atoms with Crippen molar-refractivity contribution >= 4 is 43.2 Å². The number of nitrogens with one attached hydrogen (secondary N) is 2. The molecular weight excluding hydrogens is 565 g/mol. The number of fused-ring (bicyclic) bond motifs is 2. The Balaban J connectivity index is 1.26. The standard InChI is InChI=1S/C33H46N3O6P/c1-26(2)43(40,41)42-24-12-4-3-11-22-34-31(37)17-9-10-18-32(38)35-23-21-33(39)36-25-29-15-6-5-13-27(29)19-20-28-14-7-8-16-30(28)36/h5-8,13-16,19-20,26H,3-4,9-12,17-18,21-25H2,1-2H3,(H,34,37)(H,35,38)(H,40,41)/b20-19-. The highest BCUT2D eigenvalue weighted by Gasteiger charge is 2.24. The van der Waals surface area contributed by atoms with Crippen LogP contribution in [0.4, 0.5) is 5.69 Å². The smallest absolute Gasteiger partial charge is 0.330 e. The Bertz CT molecular complexity index is 1290. The average Bonchev–Trinajstić information content (AvgIpc) is 2.97. The van der Waals surface area contributed by atoms with E-state index in [4.69, 9.17) is 4.52 Å². The average molecular weight is 612 g/mol. The van der Waals surface area contributed by atoms with Gasteiger partial charge in [-0.15, -0.1) is 0 Å². The number of anilines is 1. The van der Waals surface area contributed by atoms with Gasteiger partial charge in [-0.05, 0) is 48.4 Å². The topological polar surface area (TPSA) is 125 Å². The first-order valence-electron chi connectivity index (χ1n) is 15.3. The van der Waals surface area contributed by atoms with Crippen LogP contribution in [0.15, 0.2) is 48.5 Å². The molecule has 1 heterocycles. The van der Waals surface area contributed by atoms with Gasteiger partial charge < -0.3 is 25.0 Å². The number of carbonyl (C=O) groups is 3. The number of carbonyl (C=O) groups excluding carboxylic acids is 3. The van der Waals surface area contributed by atoms with Crippen LogP contribution in [0.5, 0.6) is 0 Å². The van der Waals surface area contributed by atoms with Gasteiger partial charge in [0.05, 0.1) is 24.5 Å². The normalized spacial score (nSPS) is 14.6. The van der Waals surface area contributed by atoms with E-state index in [1.807, 2.05) is 54.6 Å². The molecule has 9 nitrogen and oxygen atoms in total. The van der Waals surface area contributed by atoms with E-state index < -0.39 is 13.3 Å². The zero-order valence-electron chi connectivity index (χ0n) is 25.4. The van der Waals surface area contributed by atoms with Crippen molar-refractivity contribution in [1.29, 1.82) is 0 Å². The third-order valence-electron chi connectivity index (χ3n) is 7.40. The van der Waals surface area contributed by atoms with Crippen molar-refractivity contribution in [3.8, 4) is 0 Å². The van der Waals surface area contributed by atoms with Crippen molar-refractivity contribution in [3.63, 3.8) is 0 Å². The lowest BCUT2D eigenvalue weighted by Gasteiger charge is -2.27. The molecule has 3 N–H and O–H groups in total. The van der Waals surface area contributed by atoms with Gasteiger partial charge in [-0.25, -0.2) is 0 Å². The molecule has 0 saturated carbocycles. The number of amides is 3. The predicted molar refractivity (Wildman–Crippen MR) is 171 cm³/mol. The molecule has 3 rings (SSSR count). The summed E-state index contributed by atoms with van der Waals surface area (Å²) in [6.07, 6.45) is 9.50. The van der Waals surface area contributed by atoms with E-state index in [-0.39, 0.29) is 37.3 Å². The lowest BCUT2D eigenvalue weighted by Crippen LogP contribution is -2.35. The number of nitrogens with zero attached hydrogens (tertiary/aromatic N) is 1. The van der Waals surface area contributed by atoms with Crippen LogP contribution in [0.1, 0.15) is 88.3 Å². The quantitative estimate of drug-likeness (QED) is 0.148. The Kier molecular flexibility index (Phi) is 14.1. The number of para-hydroxylation sites is 1. The Morgan fingerprint density at radius 1 is 0.814 bits per heavy atom. The van der Waals surface area contributed by atoms with Crippen molar-refractivity contribution in [2.45, 2.75) is 83.8 Å². The number of unbranched alkanes of at least 4 members (excludes halogenated alkanes) is 4. The van der Waals surface area contributed by atoms with Crippen LogP contribution >= 0.6 is 7.60 Å². The number of hydrogen-bond acceptors (Lipinski definition) is 5. The molecular formula is C33H46N3O6P. The number of rotatable bonds is 17. The molecule has 1 aliphatic heterocycles. The molecule has 0 aliphatic carbocycles. The van der Waals surface area contributed by atoms with Crippen LogP contribution in [-0.4, -0.2) is 48.0 Å². The Morgan fingerprint density at radius 3 is 2.14 bits per heavy atom. The molecule has 1 aliphatic rings. The molecule has 0 aromatic heterocycles. The maximum atomic E-state index is 13.3. The molecule has 1 unspecified atom stereocenters. The third-order valence-corrected chi connectivity index (χ3v) is 9.25. The molecule has 0 radical (unpaired) electrons. The van der Waals surface area contributed by atoms with Crippen molar-refractivity contribution < 1.29 is 28.4 Å². The summed E-state index contributed by atoms with van der Waals surface area (Å²) in [7, 11) is -3.49. The minimum Gasteiger partial charge on any atom is -0.356 e. The Labute approximate surface area is 255 Å². The molecule has 0 spiro atoms. The van der Waals surface area contributed by atoms with E-state index in [0.29, 0.717) is 45.2 Å². The van der Waals surface area contributed by atoms with Crippen molar-refractivity contribution in [2.24, 2.45) is 0 Å². The summed E-state index contributed by atoms with van der Waals surface area (Å²) >= 11 is 0. The van der Waals surface area contributed by atoms with E-state index >= 15 is 0 Å². The van der Waals surface area contributed by atoms with E-state index in [1.165, 1.54) is 0 Å². The number of hydrogen-bond donors (Lipinski definition) is 3. The minimum atomic E-state index is -3.49. The fraction of sp³-hybridized carbons (Fsp3) is 0.485. The summed E-state index contributed by atoms with van der Waals surface area (Å²) in [5.74, 6) is -0.202. The highest BCUT2D eigenvalue weighted by atomic mass is 31.2. The zero-order chi connectivity index (χ0) is 31.1. The van der Waals surface area contributed by atoms with E-state index in [1.54, 1.807) is 18.7 Å². The van der Waals surface area contributed by atoms with Gasteiger partial charge in [0.2, 0.25) is 17.7 Å². The highest BCUT2D eigenvalue weighted by molar-refractivity contribution is 7.53. The number of benzene rings is 2. The monoisotopic (exact) mass is 611 g/mol. The maximum absolute atomic E-state index is 13.3.